The van der Waals surface area contributed by atoms with Crippen molar-refractivity contribution in [3.8, 4) is 0 Å². The van der Waals surface area contributed by atoms with E-state index in [-0.39, 0.29) is 17.0 Å². The van der Waals surface area contributed by atoms with Crippen LogP contribution in [0.3, 0.4) is 0 Å². The molecule has 9 heteroatoms. The number of hydrogen-bond donors (Lipinski definition) is 0. The maximum absolute atomic E-state index is 12.8. The molecule has 1 saturated carbocycles. The van der Waals surface area contributed by atoms with Gasteiger partial charge < -0.3 is 9.64 Å². The van der Waals surface area contributed by atoms with Gasteiger partial charge in [-0.3, -0.25) is 0 Å². The molecule has 3 rings (SSSR count). The first kappa shape index (κ1) is 23.5. The predicted octanol–water partition coefficient (Wildman–Crippen LogP) is 4.14. The van der Waals surface area contributed by atoms with Gasteiger partial charge in [-0.05, 0) is 75.9 Å². The molecule has 1 saturated heterocycles. The molecule has 1 aliphatic heterocycles. The van der Waals surface area contributed by atoms with E-state index in [4.69, 9.17) is 4.74 Å². The Morgan fingerprint density at radius 2 is 1.63 bits per heavy atom. The summed E-state index contributed by atoms with van der Waals surface area (Å²) < 4.78 is 71.1. The zero-order valence-electron chi connectivity index (χ0n) is 17.4. The van der Waals surface area contributed by atoms with E-state index in [0.29, 0.717) is 19.4 Å². The highest BCUT2D eigenvalue weighted by Crippen LogP contribution is 2.32. The molecule has 0 radical (unpaired) electrons. The molecule has 2 fully saturated rings. The third-order valence-electron chi connectivity index (χ3n) is 6.23. The van der Waals surface area contributed by atoms with Crippen molar-refractivity contribution < 1.29 is 26.3 Å². The summed E-state index contributed by atoms with van der Waals surface area (Å²) in [7, 11) is -2.32. The Morgan fingerprint density at radius 3 is 2.20 bits per heavy atom. The molecule has 1 aliphatic carbocycles. The van der Waals surface area contributed by atoms with Crippen LogP contribution in [0.15, 0.2) is 29.2 Å². The standard InChI is InChI=1S/C21H31F3N2O3S/c1-25(30(27,28)20-11-5-17(6-12-20)21(22,23)24)18-7-9-19(10-8-18)29-16-15-26-13-3-2-4-14-26/h5-6,11-12,18-19H,2-4,7-10,13-16H2,1H3. The summed E-state index contributed by atoms with van der Waals surface area (Å²) in [6, 6.07) is 3.52. The normalized spacial score (nSPS) is 24.3. The Kier molecular flexibility index (Phi) is 7.81. The smallest absolute Gasteiger partial charge is 0.377 e. The first-order valence-corrected chi connectivity index (χ1v) is 12.1. The number of nitrogens with zero attached hydrogens (tertiary/aromatic N) is 2. The van der Waals surface area contributed by atoms with E-state index in [1.165, 1.54) is 30.6 Å². The lowest BCUT2D eigenvalue weighted by Crippen LogP contribution is -2.41. The first-order valence-electron chi connectivity index (χ1n) is 10.7. The van der Waals surface area contributed by atoms with Crippen LogP contribution in [0, 0.1) is 0 Å². The van der Waals surface area contributed by atoms with Crippen LogP contribution in [-0.2, 0) is 20.9 Å². The third kappa shape index (κ3) is 5.96. The van der Waals surface area contributed by atoms with Gasteiger partial charge in [0.25, 0.3) is 0 Å². The maximum Gasteiger partial charge on any atom is 0.416 e. The average Bonchev–Trinajstić information content (AvgIpc) is 2.74. The maximum atomic E-state index is 12.8. The number of ether oxygens (including phenoxy) is 1. The molecule has 1 heterocycles. The second-order valence-electron chi connectivity index (χ2n) is 8.25. The van der Waals surface area contributed by atoms with Crippen molar-refractivity contribution >= 4 is 10.0 Å². The largest absolute Gasteiger partial charge is 0.416 e. The van der Waals surface area contributed by atoms with E-state index in [9.17, 15) is 21.6 Å². The summed E-state index contributed by atoms with van der Waals surface area (Å²) in [6.45, 7) is 3.93. The Morgan fingerprint density at radius 1 is 1.03 bits per heavy atom. The summed E-state index contributed by atoms with van der Waals surface area (Å²) in [6.07, 6.45) is 2.43. The number of hydrogen-bond acceptors (Lipinski definition) is 4. The molecule has 5 nitrogen and oxygen atoms in total. The molecule has 2 aliphatic rings. The molecule has 0 spiro atoms. The van der Waals surface area contributed by atoms with Crippen molar-refractivity contribution in [1.29, 1.82) is 0 Å². The van der Waals surface area contributed by atoms with Crippen LogP contribution in [0.5, 0.6) is 0 Å². The highest BCUT2D eigenvalue weighted by atomic mass is 32.2. The van der Waals surface area contributed by atoms with E-state index < -0.39 is 21.8 Å². The zero-order valence-corrected chi connectivity index (χ0v) is 18.2. The van der Waals surface area contributed by atoms with Gasteiger partial charge in [-0.15, -0.1) is 0 Å². The summed E-state index contributed by atoms with van der Waals surface area (Å²) in [5, 5.41) is 0. The fourth-order valence-corrected chi connectivity index (χ4v) is 5.70. The highest BCUT2D eigenvalue weighted by molar-refractivity contribution is 7.89. The van der Waals surface area contributed by atoms with Crippen LogP contribution < -0.4 is 0 Å². The molecule has 1 aromatic rings. The summed E-state index contributed by atoms with van der Waals surface area (Å²) in [4.78, 5) is 2.32. The van der Waals surface area contributed by atoms with Gasteiger partial charge in [0, 0.05) is 19.6 Å². The molecular formula is C21H31F3N2O3S. The molecule has 0 bridgehead atoms. The number of benzene rings is 1. The summed E-state index contributed by atoms with van der Waals surface area (Å²) >= 11 is 0. The molecule has 0 N–H and O–H groups in total. The van der Waals surface area contributed by atoms with Crippen LogP contribution in [0.25, 0.3) is 0 Å². The van der Waals surface area contributed by atoms with E-state index >= 15 is 0 Å². The average molecular weight is 449 g/mol. The van der Waals surface area contributed by atoms with Crippen molar-refractivity contribution in [2.75, 3.05) is 33.3 Å². The molecule has 0 unspecified atom stereocenters. The first-order chi connectivity index (χ1) is 14.2. The minimum atomic E-state index is -4.49. The van der Waals surface area contributed by atoms with Crippen LogP contribution >= 0.6 is 0 Å². The number of sulfonamides is 1. The molecule has 0 aromatic heterocycles. The number of likely N-dealkylation sites (tertiary alicyclic amines) is 1. The minimum Gasteiger partial charge on any atom is -0.377 e. The Bertz CT molecular complexity index is 770. The lowest BCUT2D eigenvalue weighted by Gasteiger charge is -2.34. The second kappa shape index (κ2) is 9.97. The van der Waals surface area contributed by atoms with E-state index in [2.05, 4.69) is 4.90 Å². The summed E-state index contributed by atoms with van der Waals surface area (Å²) in [5.74, 6) is 0. The van der Waals surface area contributed by atoms with Crippen molar-refractivity contribution in [2.24, 2.45) is 0 Å². The van der Waals surface area contributed by atoms with Crippen LogP contribution in [-0.4, -0.2) is 63.1 Å². The number of halogens is 3. The van der Waals surface area contributed by atoms with Gasteiger partial charge in [0.05, 0.1) is 23.2 Å². The van der Waals surface area contributed by atoms with E-state index in [1.807, 2.05) is 0 Å². The monoisotopic (exact) mass is 448 g/mol. The Balaban J connectivity index is 1.48. The fourth-order valence-electron chi connectivity index (χ4n) is 4.29. The molecule has 170 valence electrons. The van der Waals surface area contributed by atoms with Crippen molar-refractivity contribution in [3.05, 3.63) is 29.8 Å². The quantitative estimate of drug-likeness (QED) is 0.629. The number of rotatable bonds is 7. The third-order valence-corrected chi connectivity index (χ3v) is 8.15. The van der Waals surface area contributed by atoms with E-state index in [1.54, 1.807) is 0 Å². The highest BCUT2D eigenvalue weighted by Gasteiger charge is 2.34. The van der Waals surface area contributed by atoms with Gasteiger partial charge in [-0.2, -0.15) is 17.5 Å². The molecule has 30 heavy (non-hydrogen) atoms. The number of alkyl halides is 3. The Labute approximate surface area is 177 Å². The molecule has 0 amide bonds. The van der Waals surface area contributed by atoms with Gasteiger partial charge in [0.15, 0.2) is 0 Å². The van der Waals surface area contributed by atoms with Crippen LogP contribution in [0.1, 0.15) is 50.5 Å². The SMILES string of the molecule is CN(C1CCC(OCCN2CCCCC2)CC1)S(=O)(=O)c1ccc(C(F)(F)F)cc1. The fraction of sp³-hybridized carbons (Fsp3) is 0.714. The lowest BCUT2D eigenvalue weighted by atomic mass is 9.93. The van der Waals surface area contributed by atoms with Crippen molar-refractivity contribution in [2.45, 2.75) is 68.2 Å². The minimum absolute atomic E-state index is 0.113. The van der Waals surface area contributed by atoms with Gasteiger partial charge in [0.1, 0.15) is 0 Å². The zero-order chi connectivity index (χ0) is 21.8. The van der Waals surface area contributed by atoms with Crippen LogP contribution in [0.4, 0.5) is 13.2 Å². The second-order valence-corrected chi connectivity index (χ2v) is 10.2. The van der Waals surface area contributed by atoms with Gasteiger partial charge in [0.2, 0.25) is 10.0 Å². The summed E-state index contributed by atoms with van der Waals surface area (Å²) in [5.41, 5.74) is -0.855. The molecular weight excluding hydrogens is 417 g/mol. The molecule has 0 atom stereocenters. The van der Waals surface area contributed by atoms with Crippen molar-refractivity contribution in [1.82, 2.24) is 9.21 Å². The van der Waals surface area contributed by atoms with Crippen molar-refractivity contribution in [3.63, 3.8) is 0 Å². The van der Waals surface area contributed by atoms with Gasteiger partial charge in [-0.25, -0.2) is 8.42 Å². The predicted molar refractivity (Wildman–Crippen MR) is 109 cm³/mol. The Hall–Kier alpha value is -1.16. The number of piperidine rings is 1. The van der Waals surface area contributed by atoms with Gasteiger partial charge >= 0.3 is 6.18 Å². The van der Waals surface area contributed by atoms with E-state index in [0.717, 1.165) is 56.7 Å². The topological polar surface area (TPSA) is 49.9 Å². The molecule has 1 aromatic carbocycles. The van der Waals surface area contributed by atoms with Crippen LogP contribution in [0.2, 0.25) is 0 Å². The van der Waals surface area contributed by atoms with Gasteiger partial charge in [-0.1, -0.05) is 6.42 Å². The lowest BCUT2D eigenvalue weighted by molar-refractivity contribution is -0.137.